The van der Waals surface area contributed by atoms with Crippen LogP contribution in [0.4, 0.5) is 9.59 Å². The molecule has 2 atom stereocenters. The van der Waals surface area contributed by atoms with E-state index >= 15 is 0 Å². The third kappa shape index (κ3) is 10.0. The van der Waals surface area contributed by atoms with Crippen LogP contribution in [0.25, 0.3) is 33.6 Å². The lowest BCUT2D eigenvalue weighted by molar-refractivity contribution is 0.148. The van der Waals surface area contributed by atoms with Gasteiger partial charge in [-0.25, -0.2) is 9.59 Å². The van der Waals surface area contributed by atoms with Crippen LogP contribution in [-0.2, 0) is 12.8 Å². The third-order valence-electron chi connectivity index (χ3n) is 11.7. The second-order valence-electron chi connectivity index (χ2n) is 16.0. The number of aromatic nitrogens is 7. The molecule has 0 spiro atoms. The number of carbonyl (C=O) groups is 2. The molecule has 0 radical (unpaired) electrons. The first kappa shape index (κ1) is 41.5. The van der Waals surface area contributed by atoms with E-state index in [9.17, 15) is 9.59 Å². The molecule has 3 aromatic heterocycles. The average molecular weight is 877 g/mol. The van der Waals surface area contributed by atoms with E-state index in [4.69, 9.17) is 0 Å². The first-order valence-corrected chi connectivity index (χ1v) is 21.9. The summed E-state index contributed by atoms with van der Waals surface area (Å²) in [6.45, 7) is 5.67. The van der Waals surface area contributed by atoms with Crippen molar-refractivity contribution in [3.05, 3.63) is 161 Å². The summed E-state index contributed by atoms with van der Waals surface area (Å²) in [5, 5.41) is 16.8. The maximum Gasteiger partial charge on any atom is 0.346 e. The number of piperidine rings is 2. The molecule has 12 heteroatoms. The molecule has 2 aliphatic heterocycles. The highest BCUT2D eigenvalue weighted by Gasteiger charge is 2.30. The molecule has 61 heavy (non-hydrogen) atoms. The Morgan fingerprint density at radius 3 is 1.46 bits per heavy atom. The number of hydrogen-bond acceptors (Lipinski definition) is 7. The Balaban J connectivity index is 0.000000173. The van der Waals surface area contributed by atoms with Crippen molar-refractivity contribution in [1.82, 2.24) is 44.8 Å². The van der Waals surface area contributed by atoms with E-state index < -0.39 is 0 Å². The fourth-order valence-corrected chi connectivity index (χ4v) is 8.79. The van der Waals surface area contributed by atoms with Gasteiger partial charge in [0.25, 0.3) is 0 Å². The Morgan fingerprint density at radius 1 is 0.574 bits per heavy atom. The van der Waals surface area contributed by atoms with Crippen LogP contribution in [0.1, 0.15) is 60.8 Å². The quantitative estimate of drug-likeness (QED) is 0.157. The third-order valence-corrected chi connectivity index (χ3v) is 12.2. The van der Waals surface area contributed by atoms with Crippen molar-refractivity contribution < 1.29 is 9.59 Å². The number of likely N-dealkylation sites (tertiary alicyclic amines) is 2. The maximum absolute atomic E-state index is 13.3. The average Bonchev–Trinajstić information content (AvgIpc) is 4.00. The van der Waals surface area contributed by atoms with E-state index in [1.54, 1.807) is 12.4 Å². The summed E-state index contributed by atoms with van der Waals surface area (Å²) in [6, 6.07) is 37.0. The highest BCUT2D eigenvalue weighted by molar-refractivity contribution is 9.10. The molecule has 2 fully saturated rings. The summed E-state index contributed by atoms with van der Waals surface area (Å²) in [5.41, 5.74) is 10.4. The van der Waals surface area contributed by atoms with Gasteiger partial charge in [0, 0.05) is 53.2 Å². The van der Waals surface area contributed by atoms with Gasteiger partial charge >= 0.3 is 12.1 Å². The number of benzene rings is 4. The molecule has 2 unspecified atom stereocenters. The van der Waals surface area contributed by atoms with Gasteiger partial charge in [-0.15, -0.1) is 10.2 Å². The molecule has 4 aromatic carbocycles. The largest absolute Gasteiger partial charge is 0.346 e. The van der Waals surface area contributed by atoms with Crippen molar-refractivity contribution in [2.75, 3.05) is 13.1 Å². The van der Waals surface area contributed by atoms with Crippen molar-refractivity contribution in [3.8, 4) is 33.6 Å². The zero-order valence-corrected chi connectivity index (χ0v) is 36.2. The van der Waals surface area contributed by atoms with Crippen LogP contribution in [0.5, 0.6) is 0 Å². The second-order valence-corrected chi connectivity index (χ2v) is 16.9. The van der Waals surface area contributed by atoms with Crippen molar-refractivity contribution in [2.24, 2.45) is 0 Å². The minimum Gasteiger partial charge on any atom is -0.320 e. The number of hydrogen-bond donors (Lipinski definition) is 0. The molecule has 0 saturated carbocycles. The molecule has 2 saturated heterocycles. The molecule has 2 amide bonds. The van der Waals surface area contributed by atoms with Crippen molar-refractivity contribution in [2.45, 2.75) is 77.3 Å². The van der Waals surface area contributed by atoms with Crippen LogP contribution >= 0.6 is 15.9 Å². The molecule has 5 heterocycles. The first-order chi connectivity index (χ1) is 29.8. The van der Waals surface area contributed by atoms with Gasteiger partial charge in [0.1, 0.15) is 11.4 Å². The predicted octanol–water partition coefficient (Wildman–Crippen LogP) is 10.5. The fourth-order valence-electron chi connectivity index (χ4n) is 8.53. The number of pyridine rings is 1. The van der Waals surface area contributed by atoms with Crippen LogP contribution in [0.3, 0.4) is 0 Å². The van der Waals surface area contributed by atoms with Gasteiger partial charge in [-0.1, -0.05) is 123 Å². The van der Waals surface area contributed by atoms with Crippen LogP contribution in [0.15, 0.2) is 138 Å². The zero-order valence-electron chi connectivity index (χ0n) is 34.6. The van der Waals surface area contributed by atoms with Crippen LogP contribution in [-0.4, -0.2) is 82.0 Å². The van der Waals surface area contributed by atoms with Gasteiger partial charge in [0.2, 0.25) is 0 Å². The summed E-state index contributed by atoms with van der Waals surface area (Å²) in [6.07, 6.45) is 15.4. The highest BCUT2D eigenvalue weighted by atomic mass is 79.9. The smallest absolute Gasteiger partial charge is 0.320 e. The number of aryl methyl sites for hydroxylation is 2. The van der Waals surface area contributed by atoms with Crippen LogP contribution < -0.4 is 0 Å². The SMILES string of the molecule is Cc1cncc(C)c1-c1ccc(-c2cn(C(=O)N3CCCCC3Cc3ccccc3)nn2)cc1.O=C(N1CCCCC1Cc1ccccc1)n1cc(-c2ccc(Br)cc2)nn1. The Morgan fingerprint density at radius 2 is 1.00 bits per heavy atom. The Hall–Kier alpha value is -6.27. The summed E-state index contributed by atoms with van der Waals surface area (Å²) in [5.74, 6) is 0. The highest BCUT2D eigenvalue weighted by Crippen LogP contribution is 2.29. The van der Waals surface area contributed by atoms with Gasteiger partial charge in [-0.2, -0.15) is 9.36 Å². The lowest BCUT2D eigenvalue weighted by Gasteiger charge is -2.35. The van der Waals surface area contributed by atoms with Crippen molar-refractivity contribution in [3.63, 3.8) is 0 Å². The van der Waals surface area contributed by atoms with Gasteiger partial charge in [-0.05, 0) is 111 Å². The normalized spacial score (nSPS) is 16.4. The maximum atomic E-state index is 13.3. The van der Waals surface area contributed by atoms with Gasteiger partial charge < -0.3 is 9.80 Å². The summed E-state index contributed by atoms with van der Waals surface area (Å²) in [4.78, 5) is 34.6. The first-order valence-electron chi connectivity index (χ1n) is 21.1. The Labute approximate surface area is 365 Å². The van der Waals surface area contributed by atoms with Gasteiger partial charge in [0.05, 0.1) is 12.4 Å². The van der Waals surface area contributed by atoms with E-state index in [0.717, 1.165) is 96.7 Å². The fraction of sp³-hybridized carbons (Fsp3) is 0.286. The lowest BCUT2D eigenvalue weighted by atomic mass is 9.96. The minimum absolute atomic E-state index is 0.0912. The zero-order chi connectivity index (χ0) is 42.1. The number of amides is 2. The molecule has 11 nitrogen and oxygen atoms in total. The van der Waals surface area contributed by atoms with E-state index in [0.29, 0.717) is 11.4 Å². The van der Waals surface area contributed by atoms with Gasteiger partial charge in [0.15, 0.2) is 0 Å². The number of halogens is 1. The molecule has 0 N–H and O–H groups in total. The molecule has 0 bridgehead atoms. The summed E-state index contributed by atoms with van der Waals surface area (Å²) in [7, 11) is 0. The lowest BCUT2D eigenvalue weighted by Crippen LogP contribution is -2.46. The molecular formula is C49H50BrN9O2. The summed E-state index contributed by atoms with van der Waals surface area (Å²) >= 11 is 3.43. The van der Waals surface area contributed by atoms with E-state index in [1.165, 1.54) is 26.1 Å². The molecule has 310 valence electrons. The molecule has 7 aromatic rings. The molecule has 9 rings (SSSR count). The number of rotatable bonds is 7. The minimum atomic E-state index is -0.0981. The van der Waals surface area contributed by atoms with E-state index in [2.05, 4.69) is 104 Å². The molecule has 0 aliphatic carbocycles. The monoisotopic (exact) mass is 875 g/mol. The van der Waals surface area contributed by atoms with Crippen molar-refractivity contribution >= 4 is 28.0 Å². The standard InChI is InChI=1S/C28H29N5O.C21H21BrN4O/c1-20-17-29-18-21(2)27(20)24-13-11-23(12-14-24)26-19-33(31-30-26)28(34)32-15-7-6-10-25(32)16-22-8-4-3-5-9-22;22-18-11-9-17(10-12-18)20-15-26(24-23-20)21(27)25-13-5-4-8-19(25)14-16-6-2-1-3-7-16/h3-5,8-9,11-14,17-19,25H,6-7,10,15-16H2,1-2H3;1-3,6-7,9-12,15,19H,4-5,8,13-14H2. The Bertz CT molecular complexity index is 2520. The Kier molecular flexibility index (Phi) is 13.2. The van der Waals surface area contributed by atoms with Gasteiger partial charge in [-0.3, -0.25) is 4.98 Å². The predicted molar refractivity (Wildman–Crippen MR) is 242 cm³/mol. The van der Waals surface area contributed by atoms with Crippen LogP contribution in [0, 0.1) is 13.8 Å². The number of carbonyl (C=O) groups excluding carboxylic acids is 2. The topological polar surface area (TPSA) is 115 Å². The van der Waals surface area contributed by atoms with E-state index in [1.807, 2.05) is 82.9 Å². The van der Waals surface area contributed by atoms with Crippen LogP contribution in [0.2, 0.25) is 0 Å². The summed E-state index contributed by atoms with van der Waals surface area (Å²) < 4.78 is 3.77. The van der Waals surface area contributed by atoms with Crippen molar-refractivity contribution in [1.29, 1.82) is 0 Å². The van der Waals surface area contributed by atoms with E-state index in [-0.39, 0.29) is 24.1 Å². The second kappa shape index (κ2) is 19.4. The number of nitrogens with zero attached hydrogens (tertiary/aromatic N) is 9. The molecule has 2 aliphatic rings. The molecular weight excluding hydrogens is 827 g/mol.